The Hall–Kier alpha value is -0.530. The molecule has 0 aromatic heterocycles. The van der Waals surface area contributed by atoms with Crippen molar-refractivity contribution in [3.8, 4) is 0 Å². The van der Waals surface area contributed by atoms with Gasteiger partial charge < -0.3 is 5.11 Å². The summed E-state index contributed by atoms with van der Waals surface area (Å²) in [5.41, 5.74) is 0.576. The second-order valence-corrected chi connectivity index (χ2v) is 5.55. The maximum atomic E-state index is 10.5. The van der Waals surface area contributed by atoms with Crippen LogP contribution in [-0.4, -0.2) is 11.1 Å². The predicted octanol–water partition coefficient (Wildman–Crippen LogP) is 3.07. The van der Waals surface area contributed by atoms with Crippen LogP contribution in [0.2, 0.25) is 0 Å². The quantitative estimate of drug-likeness (QED) is 0.737. The van der Waals surface area contributed by atoms with E-state index in [0.717, 1.165) is 5.92 Å². The van der Waals surface area contributed by atoms with Gasteiger partial charge in [-0.05, 0) is 42.9 Å². The Morgan fingerprint density at radius 2 is 1.93 bits per heavy atom. The third-order valence-electron chi connectivity index (χ3n) is 4.24. The van der Waals surface area contributed by atoms with Gasteiger partial charge in [0.15, 0.2) is 0 Å². The number of aliphatic carboxylic acids is 1. The highest BCUT2D eigenvalue weighted by molar-refractivity contribution is 5.67. The number of carbonyl (C=O) groups is 1. The largest absolute Gasteiger partial charge is 0.481 e. The monoisotopic (exact) mass is 196 g/mol. The standard InChI is InChI=1S/C12H20O2/c1-9-2-4-12(5-3-9)7-10(8-12)6-11(13)14/h9-10H,2-8H2,1H3,(H,13,14). The van der Waals surface area contributed by atoms with Gasteiger partial charge >= 0.3 is 5.97 Å². The maximum Gasteiger partial charge on any atom is 0.303 e. The lowest BCUT2D eigenvalue weighted by Gasteiger charge is -2.51. The van der Waals surface area contributed by atoms with E-state index in [-0.39, 0.29) is 0 Å². The van der Waals surface area contributed by atoms with Crippen LogP contribution in [0.4, 0.5) is 0 Å². The van der Waals surface area contributed by atoms with E-state index in [2.05, 4.69) is 6.92 Å². The van der Waals surface area contributed by atoms with E-state index in [1.165, 1.54) is 38.5 Å². The first-order valence-corrected chi connectivity index (χ1v) is 5.81. The summed E-state index contributed by atoms with van der Waals surface area (Å²) in [4.78, 5) is 10.5. The molecule has 2 nitrogen and oxygen atoms in total. The van der Waals surface area contributed by atoms with Gasteiger partial charge in [-0.25, -0.2) is 0 Å². The van der Waals surface area contributed by atoms with Crippen molar-refractivity contribution in [1.29, 1.82) is 0 Å². The summed E-state index contributed by atoms with van der Waals surface area (Å²) < 4.78 is 0. The van der Waals surface area contributed by atoms with Crippen molar-refractivity contribution in [2.24, 2.45) is 17.3 Å². The topological polar surface area (TPSA) is 37.3 Å². The highest BCUT2D eigenvalue weighted by Crippen LogP contribution is 2.56. The predicted molar refractivity (Wildman–Crippen MR) is 55.0 cm³/mol. The lowest BCUT2D eigenvalue weighted by molar-refractivity contribution is -0.140. The Balaban J connectivity index is 1.78. The van der Waals surface area contributed by atoms with E-state index in [1.54, 1.807) is 0 Å². The Morgan fingerprint density at radius 3 is 2.43 bits per heavy atom. The average molecular weight is 196 g/mol. The van der Waals surface area contributed by atoms with Gasteiger partial charge in [-0.3, -0.25) is 4.79 Å². The number of hydrogen-bond acceptors (Lipinski definition) is 1. The number of carboxylic acid groups (broad SMARTS) is 1. The molecule has 0 aliphatic heterocycles. The van der Waals surface area contributed by atoms with Crippen molar-refractivity contribution in [2.45, 2.75) is 51.9 Å². The molecule has 2 heteroatoms. The van der Waals surface area contributed by atoms with Crippen LogP contribution in [0.3, 0.4) is 0 Å². The summed E-state index contributed by atoms with van der Waals surface area (Å²) in [7, 11) is 0. The van der Waals surface area contributed by atoms with E-state index < -0.39 is 5.97 Å². The van der Waals surface area contributed by atoms with Crippen molar-refractivity contribution in [3.63, 3.8) is 0 Å². The molecule has 0 atom stereocenters. The van der Waals surface area contributed by atoms with E-state index >= 15 is 0 Å². The minimum Gasteiger partial charge on any atom is -0.481 e. The fourth-order valence-corrected chi connectivity index (χ4v) is 3.34. The summed E-state index contributed by atoms with van der Waals surface area (Å²) >= 11 is 0. The van der Waals surface area contributed by atoms with E-state index in [9.17, 15) is 4.79 Å². The molecule has 14 heavy (non-hydrogen) atoms. The summed E-state index contributed by atoms with van der Waals surface area (Å²) in [6, 6.07) is 0. The zero-order valence-corrected chi connectivity index (χ0v) is 8.96. The maximum absolute atomic E-state index is 10.5. The summed E-state index contributed by atoms with van der Waals surface area (Å²) in [6.45, 7) is 2.33. The first-order valence-electron chi connectivity index (χ1n) is 5.81. The molecule has 0 saturated heterocycles. The molecule has 80 valence electrons. The van der Waals surface area contributed by atoms with Crippen LogP contribution in [-0.2, 0) is 4.79 Å². The minimum atomic E-state index is -0.617. The number of carboxylic acids is 1. The smallest absolute Gasteiger partial charge is 0.303 e. The number of hydrogen-bond donors (Lipinski definition) is 1. The van der Waals surface area contributed by atoms with Crippen LogP contribution in [0.5, 0.6) is 0 Å². The zero-order chi connectivity index (χ0) is 10.2. The lowest BCUT2D eigenvalue weighted by Crippen LogP contribution is -2.40. The molecule has 0 unspecified atom stereocenters. The van der Waals surface area contributed by atoms with Crippen molar-refractivity contribution in [1.82, 2.24) is 0 Å². The normalized spacial score (nSPS) is 42.1. The van der Waals surface area contributed by atoms with Crippen molar-refractivity contribution < 1.29 is 9.90 Å². The summed E-state index contributed by atoms with van der Waals surface area (Å²) in [6.07, 6.45) is 8.20. The molecule has 2 aliphatic rings. The molecular weight excluding hydrogens is 176 g/mol. The fourth-order valence-electron chi connectivity index (χ4n) is 3.34. The molecule has 2 rings (SSSR count). The highest BCUT2D eigenvalue weighted by Gasteiger charge is 2.45. The van der Waals surface area contributed by atoms with E-state index in [1.807, 2.05) is 0 Å². The lowest BCUT2D eigenvalue weighted by atomic mass is 9.54. The van der Waals surface area contributed by atoms with Crippen molar-refractivity contribution >= 4 is 5.97 Å². The van der Waals surface area contributed by atoms with E-state index in [4.69, 9.17) is 5.11 Å². The first kappa shape index (κ1) is 10.0. The Kier molecular flexibility index (Phi) is 2.54. The van der Waals surface area contributed by atoms with Crippen LogP contribution in [0.25, 0.3) is 0 Å². The molecule has 0 radical (unpaired) electrons. The molecule has 2 fully saturated rings. The second-order valence-electron chi connectivity index (χ2n) is 5.55. The molecule has 2 saturated carbocycles. The Labute approximate surface area is 85.7 Å². The van der Waals surface area contributed by atoms with Crippen LogP contribution in [0.15, 0.2) is 0 Å². The first-order chi connectivity index (χ1) is 6.60. The van der Waals surface area contributed by atoms with E-state index in [0.29, 0.717) is 17.8 Å². The third-order valence-corrected chi connectivity index (χ3v) is 4.24. The van der Waals surface area contributed by atoms with Gasteiger partial charge in [0.25, 0.3) is 0 Å². The zero-order valence-electron chi connectivity index (χ0n) is 8.96. The summed E-state index contributed by atoms with van der Waals surface area (Å²) in [5.74, 6) is 0.772. The van der Waals surface area contributed by atoms with Crippen LogP contribution < -0.4 is 0 Å². The molecular formula is C12H20O2. The van der Waals surface area contributed by atoms with Crippen molar-refractivity contribution in [2.75, 3.05) is 0 Å². The van der Waals surface area contributed by atoms with Gasteiger partial charge in [0.2, 0.25) is 0 Å². The Morgan fingerprint density at radius 1 is 1.36 bits per heavy atom. The van der Waals surface area contributed by atoms with Gasteiger partial charge in [0.05, 0.1) is 0 Å². The van der Waals surface area contributed by atoms with Crippen molar-refractivity contribution in [3.05, 3.63) is 0 Å². The molecule has 0 bridgehead atoms. The SMILES string of the molecule is CC1CCC2(CC1)CC(CC(=O)O)C2. The molecule has 0 amide bonds. The van der Waals surface area contributed by atoms with Crippen LogP contribution in [0, 0.1) is 17.3 Å². The van der Waals surface area contributed by atoms with Crippen LogP contribution in [0.1, 0.15) is 51.9 Å². The molecule has 0 aromatic rings. The molecule has 1 N–H and O–H groups in total. The average Bonchev–Trinajstić information content (AvgIpc) is 2.05. The van der Waals surface area contributed by atoms with Gasteiger partial charge in [-0.1, -0.05) is 19.8 Å². The van der Waals surface area contributed by atoms with Gasteiger partial charge in [0.1, 0.15) is 0 Å². The van der Waals surface area contributed by atoms with Crippen LogP contribution >= 0.6 is 0 Å². The fraction of sp³-hybridized carbons (Fsp3) is 0.917. The molecule has 0 heterocycles. The summed E-state index contributed by atoms with van der Waals surface area (Å²) in [5, 5.41) is 8.68. The number of rotatable bonds is 2. The second kappa shape index (κ2) is 3.56. The van der Waals surface area contributed by atoms with Gasteiger partial charge in [-0.15, -0.1) is 0 Å². The highest BCUT2D eigenvalue weighted by atomic mass is 16.4. The Bertz CT molecular complexity index is 218. The third kappa shape index (κ3) is 1.94. The molecule has 2 aliphatic carbocycles. The molecule has 0 aromatic carbocycles. The van der Waals surface area contributed by atoms with Gasteiger partial charge in [-0.2, -0.15) is 0 Å². The molecule has 1 spiro atoms. The minimum absolute atomic E-state index is 0.400. The van der Waals surface area contributed by atoms with Gasteiger partial charge in [0, 0.05) is 6.42 Å².